The molecule has 2 N–H and O–H groups in total. The molecule has 4 nitrogen and oxygen atoms in total. The molecular weight excluding hydrogens is 324 g/mol. The maximum atomic E-state index is 12.2. The first-order valence-corrected chi connectivity index (χ1v) is 9.11. The highest BCUT2D eigenvalue weighted by Gasteiger charge is 2.10. The van der Waals surface area contributed by atoms with Crippen LogP contribution < -0.4 is 5.32 Å². The summed E-state index contributed by atoms with van der Waals surface area (Å²) in [6.45, 7) is 2.65. The summed E-state index contributed by atoms with van der Waals surface area (Å²) in [7, 11) is 0. The molecule has 0 unspecified atom stereocenters. The summed E-state index contributed by atoms with van der Waals surface area (Å²) in [5.41, 5.74) is 4.17. The molecule has 26 heavy (non-hydrogen) atoms. The molecule has 0 fully saturated rings. The van der Waals surface area contributed by atoms with Gasteiger partial charge in [0.05, 0.1) is 0 Å². The van der Waals surface area contributed by atoms with Crippen LogP contribution in [-0.2, 0) is 17.6 Å². The summed E-state index contributed by atoms with van der Waals surface area (Å²) in [4.78, 5) is 27.4. The molecule has 0 spiro atoms. The van der Waals surface area contributed by atoms with Crippen LogP contribution >= 0.6 is 0 Å². The number of carbonyl (C=O) groups excluding carboxylic acids is 2. The van der Waals surface area contributed by atoms with E-state index in [0.29, 0.717) is 12.1 Å². The van der Waals surface area contributed by atoms with Crippen molar-refractivity contribution in [1.82, 2.24) is 10.3 Å². The van der Waals surface area contributed by atoms with Gasteiger partial charge in [0.1, 0.15) is 0 Å². The first-order valence-electron chi connectivity index (χ1n) is 9.11. The predicted molar refractivity (Wildman–Crippen MR) is 104 cm³/mol. The number of aryl methyl sites for hydroxylation is 1. The molecular formula is C22H24N2O2. The zero-order valence-corrected chi connectivity index (χ0v) is 15.0. The van der Waals surface area contributed by atoms with Crippen LogP contribution in [0.15, 0.2) is 54.7 Å². The van der Waals surface area contributed by atoms with E-state index >= 15 is 0 Å². The Bertz CT molecular complexity index is 894. The molecule has 3 aromatic rings. The molecule has 2 aromatic carbocycles. The number of fused-ring (bicyclic) bond motifs is 1. The van der Waals surface area contributed by atoms with Crippen LogP contribution in [0.3, 0.4) is 0 Å². The van der Waals surface area contributed by atoms with Crippen molar-refractivity contribution in [2.75, 3.05) is 6.54 Å². The number of para-hydroxylation sites is 1. The molecule has 0 radical (unpaired) electrons. The van der Waals surface area contributed by atoms with Crippen molar-refractivity contribution in [3.63, 3.8) is 0 Å². The number of aromatic amines is 1. The van der Waals surface area contributed by atoms with Crippen molar-refractivity contribution < 1.29 is 9.59 Å². The van der Waals surface area contributed by atoms with E-state index in [1.807, 2.05) is 48.7 Å². The number of rotatable bonds is 8. The average molecular weight is 348 g/mol. The van der Waals surface area contributed by atoms with Crippen LogP contribution in [0.4, 0.5) is 0 Å². The highest BCUT2D eigenvalue weighted by molar-refractivity contribution is 5.98. The van der Waals surface area contributed by atoms with Crippen molar-refractivity contribution in [2.45, 2.75) is 32.6 Å². The van der Waals surface area contributed by atoms with E-state index in [2.05, 4.69) is 23.3 Å². The Labute approximate surface area is 153 Å². The number of hydrogen-bond acceptors (Lipinski definition) is 2. The van der Waals surface area contributed by atoms with Gasteiger partial charge in [0.15, 0.2) is 5.78 Å². The molecule has 0 aliphatic rings. The second kappa shape index (κ2) is 8.48. The van der Waals surface area contributed by atoms with E-state index in [4.69, 9.17) is 0 Å². The monoisotopic (exact) mass is 348 g/mol. The SMILES string of the molecule is CCc1ccc(C(=O)CCC(=O)NCCc2c[nH]c3ccccc23)cc1. The molecule has 1 heterocycles. The van der Waals surface area contributed by atoms with Crippen LogP contribution in [0, 0.1) is 0 Å². The Hall–Kier alpha value is -2.88. The Balaban J connectivity index is 1.43. The van der Waals surface area contributed by atoms with Crippen molar-refractivity contribution in [2.24, 2.45) is 0 Å². The Morgan fingerprint density at radius 2 is 1.77 bits per heavy atom. The van der Waals surface area contributed by atoms with Gasteiger partial charge < -0.3 is 10.3 Å². The Morgan fingerprint density at radius 1 is 1.00 bits per heavy atom. The number of benzene rings is 2. The van der Waals surface area contributed by atoms with Gasteiger partial charge in [0.25, 0.3) is 0 Å². The second-order valence-corrected chi connectivity index (χ2v) is 6.43. The summed E-state index contributed by atoms with van der Waals surface area (Å²) < 4.78 is 0. The van der Waals surface area contributed by atoms with Crippen LogP contribution in [0.5, 0.6) is 0 Å². The largest absolute Gasteiger partial charge is 0.361 e. The number of ketones is 1. The van der Waals surface area contributed by atoms with Crippen molar-refractivity contribution >= 4 is 22.6 Å². The molecule has 0 saturated heterocycles. The third kappa shape index (κ3) is 4.39. The minimum absolute atomic E-state index is 0.0134. The summed E-state index contributed by atoms with van der Waals surface area (Å²) in [6.07, 6.45) is 4.17. The van der Waals surface area contributed by atoms with Gasteiger partial charge in [-0.3, -0.25) is 9.59 Å². The average Bonchev–Trinajstić information content (AvgIpc) is 3.09. The number of nitrogens with one attached hydrogen (secondary N) is 2. The van der Waals surface area contributed by atoms with Gasteiger partial charge in [-0.25, -0.2) is 0 Å². The van der Waals surface area contributed by atoms with Gasteiger partial charge in [0.2, 0.25) is 5.91 Å². The molecule has 4 heteroatoms. The highest BCUT2D eigenvalue weighted by atomic mass is 16.2. The topological polar surface area (TPSA) is 62.0 Å². The van der Waals surface area contributed by atoms with Crippen LogP contribution in [0.25, 0.3) is 10.9 Å². The molecule has 1 aromatic heterocycles. The van der Waals surface area contributed by atoms with Crippen LogP contribution in [0.1, 0.15) is 41.3 Å². The molecule has 134 valence electrons. The van der Waals surface area contributed by atoms with E-state index < -0.39 is 0 Å². The maximum Gasteiger partial charge on any atom is 0.220 e. The molecule has 0 aliphatic heterocycles. The summed E-state index contributed by atoms with van der Waals surface area (Å²) in [5, 5.41) is 4.09. The van der Waals surface area contributed by atoms with E-state index in [1.165, 1.54) is 16.5 Å². The van der Waals surface area contributed by atoms with Gasteiger partial charge in [0, 0.05) is 42.0 Å². The normalized spacial score (nSPS) is 10.8. The van der Waals surface area contributed by atoms with Gasteiger partial charge >= 0.3 is 0 Å². The minimum atomic E-state index is -0.0802. The van der Waals surface area contributed by atoms with Crippen molar-refractivity contribution in [1.29, 1.82) is 0 Å². The number of hydrogen-bond donors (Lipinski definition) is 2. The molecule has 3 rings (SSSR count). The molecule has 1 amide bonds. The number of amides is 1. The van der Waals surface area contributed by atoms with E-state index in [-0.39, 0.29) is 24.5 Å². The zero-order chi connectivity index (χ0) is 18.4. The minimum Gasteiger partial charge on any atom is -0.361 e. The van der Waals surface area contributed by atoms with Crippen molar-refractivity contribution in [3.05, 3.63) is 71.4 Å². The second-order valence-electron chi connectivity index (χ2n) is 6.43. The fourth-order valence-electron chi connectivity index (χ4n) is 3.06. The first kappa shape index (κ1) is 17.9. The number of aromatic nitrogens is 1. The van der Waals surface area contributed by atoms with Gasteiger partial charge in [-0.2, -0.15) is 0 Å². The molecule has 0 atom stereocenters. The quantitative estimate of drug-likeness (QED) is 0.603. The van der Waals surface area contributed by atoms with Gasteiger partial charge in [-0.15, -0.1) is 0 Å². The summed E-state index contributed by atoms with van der Waals surface area (Å²) in [6, 6.07) is 15.7. The molecule has 0 aliphatic carbocycles. The number of Topliss-reactive ketones (excluding diaryl/α,β-unsaturated/α-hetero) is 1. The van der Waals surface area contributed by atoms with Gasteiger partial charge in [-0.05, 0) is 30.0 Å². The van der Waals surface area contributed by atoms with Crippen LogP contribution in [-0.4, -0.2) is 23.2 Å². The summed E-state index contributed by atoms with van der Waals surface area (Å²) >= 11 is 0. The molecule has 0 bridgehead atoms. The highest BCUT2D eigenvalue weighted by Crippen LogP contribution is 2.17. The number of carbonyl (C=O) groups is 2. The third-order valence-corrected chi connectivity index (χ3v) is 4.65. The zero-order valence-electron chi connectivity index (χ0n) is 15.0. The van der Waals surface area contributed by atoms with E-state index in [0.717, 1.165) is 18.4 Å². The molecule has 0 saturated carbocycles. The number of H-pyrrole nitrogens is 1. The fraction of sp³-hybridized carbons (Fsp3) is 0.273. The lowest BCUT2D eigenvalue weighted by Gasteiger charge is -2.05. The van der Waals surface area contributed by atoms with E-state index in [9.17, 15) is 9.59 Å². The summed E-state index contributed by atoms with van der Waals surface area (Å²) in [5.74, 6) is -0.0669. The maximum absolute atomic E-state index is 12.2. The van der Waals surface area contributed by atoms with E-state index in [1.54, 1.807) is 0 Å². The third-order valence-electron chi connectivity index (χ3n) is 4.65. The lowest BCUT2D eigenvalue weighted by atomic mass is 10.0. The fourth-order valence-corrected chi connectivity index (χ4v) is 3.06. The predicted octanol–water partition coefficient (Wildman–Crippen LogP) is 4.05. The smallest absolute Gasteiger partial charge is 0.220 e. The van der Waals surface area contributed by atoms with Crippen molar-refractivity contribution in [3.8, 4) is 0 Å². The first-order chi connectivity index (χ1) is 12.7. The lowest BCUT2D eigenvalue weighted by molar-refractivity contribution is -0.121. The Morgan fingerprint density at radius 3 is 2.54 bits per heavy atom. The van der Waals surface area contributed by atoms with Gasteiger partial charge in [-0.1, -0.05) is 49.4 Å². The van der Waals surface area contributed by atoms with Crippen LogP contribution in [0.2, 0.25) is 0 Å². The standard InChI is InChI=1S/C22H24N2O2/c1-2-16-7-9-17(10-8-16)21(25)11-12-22(26)23-14-13-18-15-24-20-6-4-3-5-19(18)20/h3-10,15,24H,2,11-14H2,1H3,(H,23,26). The Kier molecular flexibility index (Phi) is 5.84. The lowest BCUT2D eigenvalue weighted by Crippen LogP contribution is -2.26.